The molecule has 1 aromatic heterocycles. The van der Waals surface area contributed by atoms with Gasteiger partial charge in [0, 0.05) is 29.5 Å². The Labute approximate surface area is 191 Å². The van der Waals surface area contributed by atoms with Gasteiger partial charge in [-0.05, 0) is 49.1 Å². The summed E-state index contributed by atoms with van der Waals surface area (Å²) >= 11 is 1.64. The number of thioether (sulfide) groups is 1. The third kappa shape index (κ3) is 4.34. The second-order valence-corrected chi connectivity index (χ2v) is 9.72. The Bertz CT molecular complexity index is 1040. The van der Waals surface area contributed by atoms with Gasteiger partial charge in [0.2, 0.25) is 11.8 Å². The molecule has 5 rings (SSSR count). The van der Waals surface area contributed by atoms with E-state index in [0.717, 1.165) is 28.5 Å². The van der Waals surface area contributed by atoms with Crippen LogP contribution in [0.4, 0.5) is 0 Å². The molecule has 1 saturated heterocycles. The Kier molecular flexibility index (Phi) is 6.06. The number of hydrogen-bond acceptors (Lipinski definition) is 6. The summed E-state index contributed by atoms with van der Waals surface area (Å²) in [4.78, 5) is 39.3. The molecule has 2 fully saturated rings. The molecule has 1 saturated carbocycles. The van der Waals surface area contributed by atoms with Gasteiger partial charge in [-0.15, -0.1) is 11.8 Å². The van der Waals surface area contributed by atoms with Gasteiger partial charge in [0.15, 0.2) is 0 Å². The lowest BCUT2D eigenvalue weighted by atomic mass is 10.0. The van der Waals surface area contributed by atoms with Gasteiger partial charge in [0.1, 0.15) is 17.6 Å². The molecule has 2 N–H and O–H groups in total. The van der Waals surface area contributed by atoms with Crippen LogP contribution in [0, 0.1) is 0 Å². The van der Waals surface area contributed by atoms with Crippen LogP contribution in [0.2, 0.25) is 0 Å². The van der Waals surface area contributed by atoms with Gasteiger partial charge in [-0.25, -0.2) is 0 Å². The Morgan fingerprint density at radius 1 is 1.06 bits per heavy atom. The van der Waals surface area contributed by atoms with Crippen molar-refractivity contribution in [1.82, 2.24) is 15.5 Å². The zero-order valence-electron chi connectivity index (χ0n) is 17.9. The summed E-state index contributed by atoms with van der Waals surface area (Å²) in [6, 6.07) is 9.76. The Morgan fingerprint density at radius 2 is 1.88 bits per heavy atom. The zero-order valence-corrected chi connectivity index (χ0v) is 18.7. The summed E-state index contributed by atoms with van der Waals surface area (Å²) in [5, 5.41) is 5.92. The summed E-state index contributed by atoms with van der Waals surface area (Å²) in [5.41, 5.74) is 1.59. The van der Waals surface area contributed by atoms with Gasteiger partial charge in [-0.3, -0.25) is 19.7 Å². The van der Waals surface area contributed by atoms with E-state index < -0.39 is 6.04 Å². The first kappa shape index (κ1) is 21.3. The van der Waals surface area contributed by atoms with Gasteiger partial charge >= 0.3 is 0 Å². The fourth-order valence-electron chi connectivity index (χ4n) is 4.81. The van der Waals surface area contributed by atoms with Crippen LogP contribution in [-0.2, 0) is 28.4 Å². The normalized spacial score (nSPS) is 21.3. The van der Waals surface area contributed by atoms with E-state index >= 15 is 0 Å². The maximum atomic E-state index is 13.0. The molecule has 1 atom stereocenters. The van der Waals surface area contributed by atoms with E-state index in [1.165, 1.54) is 25.7 Å². The van der Waals surface area contributed by atoms with Gasteiger partial charge < -0.3 is 14.6 Å². The maximum Gasteiger partial charge on any atom is 0.255 e. The minimum absolute atomic E-state index is 0.143. The second kappa shape index (κ2) is 9.11. The molecule has 3 amide bonds. The van der Waals surface area contributed by atoms with Crippen LogP contribution >= 0.6 is 11.8 Å². The predicted octanol–water partition coefficient (Wildman–Crippen LogP) is 3.37. The lowest BCUT2D eigenvalue weighted by molar-refractivity contribution is -0.136. The Morgan fingerprint density at radius 3 is 2.69 bits per heavy atom. The number of rotatable bonds is 7. The van der Waals surface area contributed by atoms with Crippen molar-refractivity contribution in [2.75, 3.05) is 0 Å². The van der Waals surface area contributed by atoms with Crippen LogP contribution in [0.3, 0.4) is 0 Å². The third-order valence-corrected chi connectivity index (χ3v) is 7.67. The molecule has 3 heterocycles. The van der Waals surface area contributed by atoms with E-state index in [9.17, 15) is 14.4 Å². The Hall–Kier alpha value is -2.58. The van der Waals surface area contributed by atoms with Crippen molar-refractivity contribution in [2.45, 2.75) is 74.3 Å². The lowest BCUT2D eigenvalue weighted by Gasteiger charge is -2.29. The second-order valence-electron chi connectivity index (χ2n) is 8.70. The topological polar surface area (TPSA) is 91.7 Å². The number of carbonyl (C=O) groups excluding carboxylic acids is 3. The molecule has 168 valence electrons. The van der Waals surface area contributed by atoms with Crippen molar-refractivity contribution in [2.24, 2.45) is 0 Å². The highest BCUT2D eigenvalue weighted by atomic mass is 32.2. The van der Waals surface area contributed by atoms with Gasteiger partial charge in [-0.1, -0.05) is 18.9 Å². The van der Waals surface area contributed by atoms with Crippen LogP contribution in [0.1, 0.15) is 66.0 Å². The number of nitrogens with zero attached hydrogens (tertiary/aromatic N) is 1. The highest BCUT2D eigenvalue weighted by molar-refractivity contribution is 7.98. The lowest BCUT2D eigenvalue weighted by Crippen LogP contribution is -2.52. The van der Waals surface area contributed by atoms with Crippen molar-refractivity contribution in [1.29, 1.82) is 0 Å². The molecule has 3 aliphatic rings. The average Bonchev–Trinajstić information content (AvgIpc) is 3.52. The highest BCUT2D eigenvalue weighted by Gasteiger charge is 2.39. The quantitative estimate of drug-likeness (QED) is 0.493. The third-order valence-electron chi connectivity index (χ3n) is 6.55. The first-order valence-electron chi connectivity index (χ1n) is 11.3. The SMILES string of the molecule is O=C1CCC(N2Cc3c(SCc4ccc(CNC5CCCC5)o4)cccc3C2=O)C(=O)N1. The number of nitrogens with one attached hydrogen (secondary N) is 2. The maximum absolute atomic E-state index is 13.0. The van der Waals surface area contributed by atoms with E-state index in [0.29, 0.717) is 30.3 Å². The number of furan rings is 1. The van der Waals surface area contributed by atoms with Crippen molar-refractivity contribution in [3.8, 4) is 0 Å². The molecule has 1 unspecified atom stereocenters. The molecule has 2 aliphatic heterocycles. The summed E-state index contributed by atoms with van der Waals surface area (Å²) < 4.78 is 6.00. The van der Waals surface area contributed by atoms with Gasteiger partial charge in [-0.2, -0.15) is 0 Å². The van der Waals surface area contributed by atoms with Gasteiger partial charge in [0.05, 0.1) is 12.3 Å². The smallest absolute Gasteiger partial charge is 0.255 e. The van der Waals surface area contributed by atoms with Crippen molar-refractivity contribution >= 4 is 29.5 Å². The first-order chi connectivity index (χ1) is 15.6. The monoisotopic (exact) mass is 453 g/mol. The summed E-state index contributed by atoms with van der Waals surface area (Å²) in [5.74, 6) is 1.73. The number of carbonyl (C=O) groups is 3. The van der Waals surface area contributed by atoms with Crippen LogP contribution in [0.25, 0.3) is 0 Å². The fraction of sp³-hybridized carbons (Fsp3) is 0.458. The molecular weight excluding hydrogens is 426 g/mol. The predicted molar refractivity (Wildman–Crippen MR) is 120 cm³/mol. The number of fused-ring (bicyclic) bond motifs is 1. The van der Waals surface area contributed by atoms with Gasteiger partial charge in [0.25, 0.3) is 5.91 Å². The van der Waals surface area contributed by atoms with Crippen LogP contribution in [0.5, 0.6) is 0 Å². The molecule has 0 spiro atoms. The Balaban J connectivity index is 1.22. The number of amides is 3. The minimum Gasteiger partial charge on any atom is -0.464 e. The number of benzene rings is 1. The summed E-state index contributed by atoms with van der Waals surface area (Å²) in [6.07, 6.45) is 5.74. The molecule has 0 radical (unpaired) electrons. The van der Waals surface area contributed by atoms with Crippen LogP contribution < -0.4 is 10.6 Å². The van der Waals surface area contributed by atoms with E-state index in [4.69, 9.17) is 4.42 Å². The van der Waals surface area contributed by atoms with E-state index in [1.807, 2.05) is 30.3 Å². The molecule has 0 bridgehead atoms. The minimum atomic E-state index is -0.592. The van der Waals surface area contributed by atoms with Crippen LogP contribution in [0.15, 0.2) is 39.6 Å². The first-order valence-corrected chi connectivity index (χ1v) is 12.3. The number of hydrogen-bond donors (Lipinski definition) is 2. The molecule has 8 heteroatoms. The molecular formula is C24H27N3O4S. The molecule has 2 aromatic rings. The van der Waals surface area contributed by atoms with E-state index in [-0.39, 0.29) is 24.1 Å². The number of imide groups is 1. The average molecular weight is 454 g/mol. The number of piperidine rings is 1. The van der Waals surface area contributed by atoms with E-state index in [2.05, 4.69) is 10.6 Å². The zero-order chi connectivity index (χ0) is 22.1. The van der Waals surface area contributed by atoms with E-state index in [1.54, 1.807) is 16.7 Å². The molecule has 7 nitrogen and oxygen atoms in total. The van der Waals surface area contributed by atoms with Crippen molar-refractivity contribution in [3.63, 3.8) is 0 Å². The summed E-state index contributed by atoms with van der Waals surface area (Å²) in [6.45, 7) is 1.14. The molecule has 1 aliphatic carbocycles. The molecule has 32 heavy (non-hydrogen) atoms. The fourth-order valence-corrected chi connectivity index (χ4v) is 5.79. The standard InChI is InChI=1S/C24H27N3O4S/c28-22-11-10-20(23(29)26-22)27-13-19-18(24(27)30)6-3-7-21(19)32-14-17-9-8-16(31-17)12-25-15-4-1-2-5-15/h3,6-9,15,20,25H,1-2,4-5,10-14H2,(H,26,28,29). The largest absolute Gasteiger partial charge is 0.464 e. The van der Waals surface area contributed by atoms with Crippen molar-refractivity contribution < 1.29 is 18.8 Å². The summed E-state index contributed by atoms with van der Waals surface area (Å²) in [7, 11) is 0. The molecule has 1 aromatic carbocycles. The van der Waals surface area contributed by atoms with Crippen molar-refractivity contribution in [3.05, 3.63) is 53.0 Å². The highest BCUT2D eigenvalue weighted by Crippen LogP contribution is 2.35. The van der Waals surface area contributed by atoms with Crippen LogP contribution in [-0.4, -0.2) is 34.7 Å².